The topological polar surface area (TPSA) is 68.5 Å². The van der Waals surface area contributed by atoms with Gasteiger partial charge in [0.05, 0.1) is 5.52 Å². The smallest absolute Gasteiger partial charge is 0.410 e. The Bertz CT molecular complexity index is 1040. The van der Waals surface area contributed by atoms with E-state index in [4.69, 9.17) is 15.5 Å². The third kappa shape index (κ3) is 4.62. The molecular weight excluding hydrogens is 374 g/mol. The quantitative estimate of drug-likeness (QED) is 0.603. The van der Waals surface area contributed by atoms with Gasteiger partial charge < -0.3 is 15.4 Å². The van der Waals surface area contributed by atoms with E-state index in [0.29, 0.717) is 24.8 Å². The van der Waals surface area contributed by atoms with Gasteiger partial charge in [-0.25, -0.2) is 4.79 Å². The fourth-order valence-corrected chi connectivity index (χ4v) is 3.53. The van der Waals surface area contributed by atoms with Crippen LogP contribution in [0.1, 0.15) is 37.6 Å². The second kappa shape index (κ2) is 9.26. The van der Waals surface area contributed by atoms with Gasteiger partial charge in [-0.15, -0.1) is 0 Å². The summed E-state index contributed by atoms with van der Waals surface area (Å²) in [5.41, 5.74) is 12.6. The number of nitrogens with two attached hydrogens (primary N) is 1. The zero-order valence-corrected chi connectivity index (χ0v) is 18.5. The van der Waals surface area contributed by atoms with Gasteiger partial charge in [0.2, 0.25) is 0 Å². The van der Waals surface area contributed by atoms with E-state index in [2.05, 4.69) is 45.0 Å². The molecule has 2 N–H and O–H groups in total. The molecule has 0 saturated heterocycles. The van der Waals surface area contributed by atoms with Gasteiger partial charge >= 0.3 is 6.09 Å². The van der Waals surface area contributed by atoms with Crippen molar-refractivity contribution in [1.29, 1.82) is 0 Å². The Morgan fingerprint density at radius 2 is 1.87 bits per heavy atom. The first kappa shape index (κ1) is 21.8. The maximum Gasteiger partial charge on any atom is 0.414 e. The lowest BCUT2D eigenvalue weighted by Gasteiger charge is -2.19. The van der Waals surface area contributed by atoms with Crippen molar-refractivity contribution >= 4 is 17.0 Å². The molecule has 2 aromatic carbocycles. The Morgan fingerprint density at radius 1 is 1.17 bits per heavy atom. The molecule has 1 aromatic heterocycles. The number of carbonyl (C=O) groups excluding carboxylic acids is 1. The zero-order valence-electron chi connectivity index (χ0n) is 18.5. The van der Waals surface area contributed by atoms with Gasteiger partial charge in [0.1, 0.15) is 5.75 Å². The molecule has 0 spiro atoms. The Hall–Kier alpha value is -2.92. The number of carbonyl (C=O) groups is 1. The first-order chi connectivity index (χ1) is 14.3. The number of aromatic nitrogens is 1. The van der Waals surface area contributed by atoms with Crippen LogP contribution in [0, 0.1) is 12.8 Å². The average molecular weight is 406 g/mol. The Morgan fingerprint density at radius 3 is 2.47 bits per heavy atom. The Kier molecular flexibility index (Phi) is 6.73. The van der Waals surface area contributed by atoms with E-state index >= 15 is 0 Å². The Labute approximate surface area is 178 Å². The highest BCUT2D eigenvalue weighted by atomic mass is 16.6. The van der Waals surface area contributed by atoms with Crippen LogP contribution >= 0.6 is 0 Å². The molecular formula is C25H31N3O2. The second-order valence-corrected chi connectivity index (χ2v) is 8.14. The van der Waals surface area contributed by atoms with Crippen molar-refractivity contribution in [2.45, 2.75) is 40.7 Å². The van der Waals surface area contributed by atoms with Crippen LogP contribution in [0.5, 0.6) is 5.75 Å². The van der Waals surface area contributed by atoms with Gasteiger partial charge in [-0.1, -0.05) is 43.7 Å². The molecule has 0 atom stereocenters. The zero-order chi connectivity index (χ0) is 21.8. The van der Waals surface area contributed by atoms with Crippen molar-refractivity contribution in [3.63, 3.8) is 0 Å². The molecule has 0 aliphatic carbocycles. The van der Waals surface area contributed by atoms with E-state index in [0.717, 1.165) is 39.7 Å². The van der Waals surface area contributed by atoms with E-state index in [1.807, 2.05) is 19.1 Å². The molecule has 0 bridgehead atoms. The van der Waals surface area contributed by atoms with Gasteiger partial charge in [0.15, 0.2) is 0 Å². The van der Waals surface area contributed by atoms with Crippen LogP contribution in [-0.2, 0) is 13.0 Å². The number of rotatable bonds is 6. The van der Waals surface area contributed by atoms with Crippen LogP contribution < -0.4 is 10.5 Å². The van der Waals surface area contributed by atoms with Gasteiger partial charge in [-0.05, 0) is 61.1 Å². The minimum absolute atomic E-state index is 0.378. The summed E-state index contributed by atoms with van der Waals surface area (Å²) in [6, 6.07) is 14.1. The maximum atomic E-state index is 12.2. The summed E-state index contributed by atoms with van der Waals surface area (Å²) in [5, 5.41) is 0.941. The number of pyridine rings is 1. The molecule has 0 unspecified atom stereocenters. The highest BCUT2D eigenvalue weighted by molar-refractivity contribution is 5.97. The number of hydrogen-bond donors (Lipinski definition) is 1. The minimum Gasteiger partial charge on any atom is -0.410 e. The summed E-state index contributed by atoms with van der Waals surface area (Å²) in [4.78, 5) is 18.7. The molecule has 1 amide bonds. The minimum atomic E-state index is -0.378. The van der Waals surface area contributed by atoms with Crippen molar-refractivity contribution in [2.75, 3.05) is 13.6 Å². The van der Waals surface area contributed by atoms with E-state index in [9.17, 15) is 4.79 Å². The predicted molar refractivity (Wildman–Crippen MR) is 123 cm³/mol. The van der Waals surface area contributed by atoms with E-state index < -0.39 is 0 Å². The summed E-state index contributed by atoms with van der Waals surface area (Å²) in [6.07, 6.45) is 0.483. The fraction of sp³-hybridized carbons (Fsp3) is 0.360. The van der Waals surface area contributed by atoms with Crippen molar-refractivity contribution in [2.24, 2.45) is 11.7 Å². The van der Waals surface area contributed by atoms with Crippen LogP contribution in [0.4, 0.5) is 4.79 Å². The number of fused-ring (bicyclic) bond motifs is 1. The van der Waals surface area contributed by atoms with Crippen molar-refractivity contribution in [3.05, 3.63) is 59.3 Å². The lowest BCUT2D eigenvalue weighted by Crippen LogP contribution is -2.29. The summed E-state index contributed by atoms with van der Waals surface area (Å²) >= 11 is 0. The molecule has 0 fully saturated rings. The number of ether oxygens (including phenoxy) is 1. The lowest BCUT2D eigenvalue weighted by atomic mass is 9.91. The van der Waals surface area contributed by atoms with Crippen molar-refractivity contribution < 1.29 is 9.53 Å². The van der Waals surface area contributed by atoms with Crippen LogP contribution in [-0.4, -0.2) is 29.6 Å². The number of amides is 1. The monoisotopic (exact) mass is 405 g/mol. The van der Waals surface area contributed by atoms with Crippen LogP contribution in [0.25, 0.3) is 22.0 Å². The Balaban J connectivity index is 2.23. The van der Waals surface area contributed by atoms with Crippen LogP contribution in [0.15, 0.2) is 42.5 Å². The third-order valence-corrected chi connectivity index (χ3v) is 5.28. The van der Waals surface area contributed by atoms with Crippen molar-refractivity contribution in [3.8, 4) is 16.9 Å². The number of benzene rings is 2. The maximum absolute atomic E-state index is 12.2. The van der Waals surface area contributed by atoms with Crippen LogP contribution in [0.3, 0.4) is 0 Å². The molecule has 158 valence electrons. The second-order valence-electron chi connectivity index (χ2n) is 8.14. The molecule has 0 aliphatic rings. The van der Waals surface area contributed by atoms with E-state index in [1.54, 1.807) is 13.1 Å². The molecule has 3 aromatic rings. The summed E-state index contributed by atoms with van der Waals surface area (Å²) < 4.78 is 5.58. The molecule has 0 radical (unpaired) electrons. The summed E-state index contributed by atoms with van der Waals surface area (Å²) in [5.74, 6) is 0.971. The first-order valence-corrected chi connectivity index (χ1v) is 10.5. The molecule has 1 heterocycles. The molecule has 0 aliphatic heterocycles. The summed E-state index contributed by atoms with van der Waals surface area (Å²) in [6.45, 7) is 9.33. The number of aryl methyl sites for hydroxylation is 1. The molecule has 5 heteroatoms. The number of nitrogens with zero attached hydrogens (tertiary/aromatic N) is 2. The van der Waals surface area contributed by atoms with Gasteiger partial charge in [0, 0.05) is 31.2 Å². The molecule has 5 nitrogen and oxygen atoms in total. The summed E-state index contributed by atoms with van der Waals surface area (Å²) in [7, 11) is 1.72. The van der Waals surface area contributed by atoms with Gasteiger partial charge in [-0.2, -0.15) is 0 Å². The average Bonchev–Trinajstić information content (AvgIpc) is 2.72. The first-order valence-electron chi connectivity index (χ1n) is 10.5. The van der Waals surface area contributed by atoms with Gasteiger partial charge in [0.25, 0.3) is 0 Å². The molecule has 30 heavy (non-hydrogen) atoms. The normalized spacial score (nSPS) is 11.2. The van der Waals surface area contributed by atoms with Crippen LogP contribution in [0.2, 0.25) is 0 Å². The van der Waals surface area contributed by atoms with E-state index in [-0.39, 0.29) is 6.09 Å². The highest BCUT2D eigenvalue weighted by Crippen LogP contribution is 2.36. The third-order valence-electron chi connectivity index (χ3n) is 5.28. The largest absolute Gasteiger partial charge is 0.414 e. The predicted octanol–water partition coefficient (Wildman–Crippen LogP) is 5.32. The standard InChI is InChI=1S/C25H31N3O2/c1-6-28(5)25(29)30-19-11-12-22-20(14-19)24(18-9-7-17(4)8-10-18)21(15-26)23(27-22)13-16(2)3/h7-12,14,16H,6,13,15,26H2,1-5H3. The lowest BCUT2D eigenvalue weighted by molar-refractivity contribution is 0.165. The molecule has 0 saturated carbocycles. The molecule has 3 rings (SSSR count). The van der Waals surface area contributed by atoms with Crippen molar-refractivity contribution in [1.82, 2.24) is 9.88 Å². The van der Waals surface area contributed by atoms with E-state index in [1.165, 1.54) is 10.5 Å². The number of hydrogen-bond acceptors (Lipinski definition) is 4. The SMILES string of the molecule is CCN(C)C(=O)Oc1ccc2nc(CC(C)C)c(CN)c(-c3ccc(C)cc3)c2c1. The highest BCUT2D eigenvalue weighted by Gasteiger charge is 2.18. The van der Waals surface area contributed by atoms with Gasteiger partial charge in [-0.3, -0.25) is 4.98 Å². The fourth-order valence-electron chi connectivity index (χ4n) is 3.53.